The Morgan fingerprint density at radius 2 is 2.20 bits per heavy atom. The summed E-state index contributed by atoms with van der Waals surface area (Å²) in [7, 11) is 0. The first-order valence-electron chi connectivity index (χ1n) is 4.95. The Morgan fingerprint density at radius 3 is 2.73 bits per heavy atom. The monoisotopic (exact) mass is 316 g/mol. The number of rotatable bonds is 2. The standard InChI is InChI=1S/C12H13IO2/c1-12(2)10(14)7-11(12)15-9-5-3-4-8(13)6-9/h3-6,11H,7H2,1-2H3. The summed E-state index contributed by atoms with van der Waals surface area (Å²) in [5.41, 5.74) is -0.318. The molecule has 3 heteroatoms. The van der Waals surface area contributed by atoms with E-state index in [4.69, 9.17) is 4.74 Å². The van der Waals surface area contributed by atoms with Gasteiger partial charge < -0.3 is 4.74 Å². The molecule has 1 aromatic rings. The molecule has 1 atom stereocenters. The van der Waals surface area contributed by atoms with Crippen molar-refractivity contribution >= 4 is 28.4 Å². The fraction of sp³-hybridized carbons (Fsp3) is 0.417. The average Bonchev–Trinajstić information content (AvgIpc) is 2.17. The first-order valence-corrected chi connectivity index (χ1v) is 6.03. The van der Waals surface area contributed by atoms with Crippen LogP contribution in [0.15, 0.2) is 24.3 Å². The van der Waals surface area contributed by atoms with Crippen LogP contribution in [0, 0.1) is 8.99 Å². The number of hydrogen-bond donors (Lipinski definition) is 0. The fourth-order valence-electron chi connectivity index (χ4n) is 1.63. The SMILES string of the molecule is CC1(C)C(=O)CC1Oc1cccc(I)c1. The molecule has 0 bridgehead atoms. The Kier molecular flexibility index (Phi) is 2.75. The van der Waals surface area contributed by atoms with E-state index in [0.29, 0.717) is 6.42 Å². The van der Waals surface area contributed by atoms with Gasteiger partial charge in [0.15, 0.2) is 0 Å². The minimum absolute atomic E-state index is 0.0307. The van der Waals surface area contributed by atoms with Gasteiger partial charge in [0.25, 0.3) is 0 Å². The quantitative estimate of drug-likeness (QED) is 0.784. The number of halogens is 1. The summed E-state index contributed by atoms with van der Waals surface area (Å²) < 4.78 is 6.94. The molecule has 0 radical (unpaired) electrons. The molecular weight excluding hydrogens is 303 g/mol. The van der Waals surface area contributed by atoms with E-state index in [0.717, 1.165) is 9.32 Å². The third kappa shape index (κ3) is 2.02. The van der Waals surface area contributed by atoms with Crippen LogP contribution in [0.1, 0.15) is 20.3 Å². The van der Waals surface area contributed by atoms with Crippen LogP contribution in [0.3, 0.4) is 0 Å². The van der Waals surface area contributed by atoms with E-state index < -0.39 is 0 Å². The molecule has 1 aliphatic rings. The number of benzene rings is 1. The fourth-order valence-corrected chi connectivity index (χ4v) is 2.14. The van der Waals surface area contributed by atoms with Crippen molar-refractivity contribution in [3.63, 3.8) is 0 Å². The molecule has 1 saturated carbocycles. The van der Waals surface area contributed by atoms with E-state index in [-0.39, 0.29) is 17.3 Å². The second kappa shape index (κ2) is 3.77. The molecule has 0 N–H and O–H groups in total. The maximum absolute atomic E-state index is 11.3. The molecule has 1 unspecified atom stereocenters. The molecule has 1 fully saturated rings. The smallest absolute Gasteiger partial charge is 0.145 e. The minimum Gasteiger partial charge on any atom is -0.489 e. The highest BCUT2D eigenvalue weighted by Gasteiger charge is 2.49. The van der Waals surface area contributed by atoms with E-state index in [9.17, 15) is 4.79 Å². The van der Waals surface area contributed by atoms with Gasteiger partial charge in [0.2, 0.25) is 0 Å². The van der Waals surface area contributed by atoms with Crippen LogP contribution in [0.5, 0.6) is 5.75 Å². The average molecular weight is 316 g/mol. The van der Waals surface area contributed by atoms with Crippen LogP contribution in [0.25, 0.3) is 0 Å². The van der Waals surface area contributed by atoms with Crippen molar-refractivity contribution in [2.24, 2.45) is 5.41 Å². The first-order chi connectivity index (χ1) is 7.00. The molecule has 1 aliphatic carbocycles. The van der Waals surface area contributed by atoms with Crippen LogP contribution in [0.4, 0.5) is 0 Å². The number of Topliss-reactive ketones (excluding diaryl/α,β-unsaturated/α-hetero) is 1. The van der Waals surface area contributed by atoms with E-state index in [2.05, 4.69) is 22.6 Å². The normalized spacial score (nSPS) is 23.4. The molecule has 15 heavy (non-hydrogen) atoms. The van der Waals surface area contributed by atoms with Gasteiger partial charge in [-0.3, -0.25) is 4.79 Å². The van der Waals surface area contributed by atoms with Gasteiger partial charge in [-0.1, -0.05) is 6.07 Å². The van der Waals surface area contributed by atoms with Gasteiger partial charge in [0, 0.05) is 9.99 Å². The van der Waals surface area contributed by atoms with Crippen LogP contribution in [0.2, 0.25) is 0 Å². The molecule has 2 nitrogen and oxygen atoms in total. The summed E-state index contributed by atoms with van der Waals surface area (Å²) in [5.74, 6) is 1.14. The summed E-state index contributed by atoms with van der Waals surface area (Å²) in [5, 5.41) is 0. The highest BCUT2D eigenvalue weighted by Crippen LogP contribution is 2.39. The number of ether oxygens (including phenoxy) is 1. The van der Waals surface area contributed by atoms with Gasteiger partial charge in [-0.2, -0.15) is 0 Å². The van der Waals surface area contributed by atoms with E-state index in [1.807, 2.05) is 38.1 Å². The zero-order valence-corrected chi connectivity index (χ0v) is 10.9. The molecule has 0 saturated heterocycles. The molecule has 0 spiro atoms. The number of carbonyl (C=O) groups is 1. The minimum atomic E-state index is -0.318. The third-order valence-corrected chi connectivity index (χ3v) is 3.64. The van der Waals surface area contributed by atoms with Crippen molar-refractivity contribution in [3.8, 4) is 5.75 Å². The Morgan fingerprint density at radius 1 is 1.47 bits per heavy atom. The van der Waals surface area contributed by atoms with Gasteiger partial charge in [0.05, 0.1) is 5.41 Å². The van der Waals surface area contributed by atoms with E-state index >= 15 is 0 Å². The third-order valence-electron chi connectivity index (χ3n) is 2.97. The summed E-state index contributed by atoms with van der Waals surface area (Å²) >= 11 is 2.25. The molecule has 2 rings (SSSR count). The van der Waals surface area contributed by atoms with Crippen molar-refractivity contribution in [2.75, 3.05) is 0 Å². The van der Waals surface area contributed by atoms with Crippen molar-refractivity contribution in [1.82, 2.24) is 0 Å². The summed E-state index contributed by atoms with van der Waals surface area (Å²) in [6, 6.07) is 7.90. The molecule has 0 heterocycles. The molecule has 1 aromatic carbocycles. The molecule has 80 valence electrons. The van der Waals surface area contributed by atoms with Gasteiger partial charge in [0.1, 0.15) is 17.6 Å². The van der Waals surface area contributed by atoms with Crippen molar-refractivity contribution in [3.05, 3.63) is 27.8 Å². The maximum atomic E-state index is 11.3. The summed E-state index contributed by atoms with van der Waals surface area (Å²) in [6.45, 7) is 3.88. The zero-order chi connectivity index (χ0) is 11.1. The van der Waals surface area contributed by atoms with Crippen molar-refractivity contribution < 1.29 is 9.53 Å². The number of carbonyl (C=O) groups excluding carboxylic acids is 1. The van der Waals surface area contributed by atoms with E-state index in [1.165, 1.54) is 0 Å². The predicted octanol–water partition coefficient (Wildman–Crippen LogP) is 3.04. The van der Waals surface area contributed by atoms with Gasteiger partial charge >= 0.3 is 0 Å². The predicted molar refractivity (Wildman–Crippen MR) is 67.0 cm³/mol. The first kappa shape index (κ1) is 10.9. The van der Waals surface area contributed by atoms with Crippen LogP contribution in [-0.4, -0.2) is 11.9 Å². The van der Waals surface area contributed by atoms with Crippen LogP contribution >= 0.6 is 22.6 Å². The highest BCUT2D eigenvalue weighted by atomic mass is 127. The Balaban J connectivity index is 2.08. The molecule has 0 aliphatic heterocycles. The lowest BCUT2D eigenvalue weighted by Gasteiger charge is -2.41. The largest absolute Gasteiger partial charge is 0.489 e. The highest BCUT2D eigenvalue weighted by molar-refractivity contribution is 14.1. The Bertz CT molecular complexity index is 398. The maximum Gasteiger partial charge on any atom is 0.145 e. The van der Waals surface area contributed by atoms with Gasteiger partial charge in [-0.15, -0.1) is 0 Å². The Hall–Kier alpha value is -0.580. The second-order valence-electron chi connectivity index (χ2n) is 4.41. The summed E-state index contributed by atoms with van der Waals surface area (Å²) in [6.07, 6.45) is 0.571. The molecule has 0 amide bonds. The molecular formula is C12H13IO2. The topological polar surface area (TPSA) is 26.3 Å². The van der Waals surface area contributed by atoms with Crippen molar-refractivity contribution in [1.29, 1.82) is 0 Å². The zero-order valence-electron chi connectivity index (χ0n) is 8.79. The van der Waals surface area contributed by atoms with Crippen LogP contribution < -0.4 is 4.74 Å². The lowest BCUT2D eigenvalue weighted by Crippen LogP contribution is -2.52. The molecule has 0 aromatic heterocycles. The number of ketones is 1. The van der Waals surface area contributed by atoms with E-state index in [1.54, 1.807) is 0 Å². The van der Waals surface area contributed by atoms with Gasteiger partial charge in [-0.25, -0.2) is 0 Å². The second-order valence-corrected chi connectivity index (χ2v) is 5.66. The lowest BCUT2D eigenvalue weighted by atomic mass is 9.68. The summed E-state index contributed by atoms with van der Waals surface area (Å²) in [4.78, 5) is 11.3. The Labute approximate surface area is 103 Å². The van der Waals surface area contributed by atoms with Crippen LogP contribution in [-0.2, 0) is 4.79 Å². The van der Waals surface area contributed by atoms with Crippen molar-refractivity contribution in [2.45, 2.75) is 26.4 Å². The lowest BCUT2D eigenvalue weighted by molar-refractivity contribution is -0.148. The van der Waals surface area contributed by atoms with Gasteiger partial charge in [-0.05, 0) is 54.6 Å². The number of hydrogen-bond acceptors (Lipinski definition) is 2.